The summed E-state index contributed by atoms with van der Waals surface area (Å²) in [6.45, 7) is 1.56. The second kappa shape index (κ2) is 6.65. The van der Waals surface area contributed by atoms with Crippen LogP contribution in [-0.4, -0.2) is 15.8 Å². The summed E-state index contributed by atoms with van der Waals surface area (Å²) in [6.07, 6.45) is 0.0140. The number of nitrogens with zero attached hydrogens (tertiary/aromatic N) is 2. The Morgan fingerprint density at radius 3 is 2.26 bits per heavy atom. The van der Waals surface area contributed by atoms with Crippen molar-refractivity contribution in [2.45, 2.75) is 13.3 Å². The number of carbonyl (C=O) groups is 1. The SMILES string of the molecule is Cc1c(NC(=O)Cc2ccc([N+](=O)[O-])cc2)cccc1[N+](=O)[O-]. The van der Waals surface area contributed by atoms with E-state index < -0.39 is 9.85 Å². The Morgan fingerprint density at radius 1 is 1.04 bits per heavy atom. The summed E-state index contributed by atoms with van der Waals surface area (Å²) in [6, 6.07) is 10.1. The maximum atomic E-state index is 12.0. The molecule has 1 N–H and O–H groups in total. The highest BCUT2D eigenvalue weighted by molar-refractivity contribution is 5.93. The molecular weight excluding hydrogens is 302 g/mol. The monoisotopic (exact) mass is 315 g/mol. The van der Waals surface area contributed by atoms with Crippen LogP contribution in [0.4, 0.5) is 17.1 Å². The summed E-state index contributed by atoms with van der Waals surface area (Å²) in [7, 11) is 0. The number of non-ortho nitro benzene ring substituents is 1. The van der Waals surface area contributed by atoms with Gasteiger partial charge in [-0.25, -0.2) is 0 Å². The molecule has 8 nitrogen and oxygen atoms in total. The number of anilines is 1. The number of rotatable bonds is 5. The molecule has 0 fully saturated rings. The molecule has 0 bridgehead atoms. The van der Waals surface area contributed by atoms with Crippen LogP contribution in [0.5, 0.6) is 0 Å². The van der Waals surface area contributed by atoms with Crippen LogP contribution in [-0.2, 0) is 11.2 Å². The zero-order valence-electron chi connectivity index (χ0n) is 12.2. The highest BCUT2D eigenvalue weighted by Gasteiger charge is 2.15. The number of benzene rings is 2. The molecule has 0 aliphatic rings. The van der Waals surface area contributed by atoms with Crippen molar-refractivity contribution in [2.75, 3.05) is 5.32 Å². The third-order valence-electron chi connectivity index (χ3n) is 3.29. The Morgan fingerprint density at radius 2 is 1.70 bits per heavy atom. The van der Waals surface area contributed by atoms with Gasteiger partial charge in [0.1, 0.15) is 0 Å². The van der Waals surface area contributed by atoms with Crippen molar-refractivity contribution in [3.63, 3.8) is 0 Å². The van der Waals surface area contributed by atoms with E-state index in [2.05, 4.69) is 5.32 Å². The minimum absolute atomic E-state index is 0.0140. The zero-order chi connectivity index (χ0) is 17.0. The second-order valence-corrected chi connectivity index (χ2v) is 4.86. The Balaban J connectivity index is 2.09. The standard InChI is InChI=1S/C15H13N3O5/c1-10-13(3-2-4-14(10)18(22)23)16-15(19)9-11-5-7-12(8-6-11)17(20)21/h2-8H,9H2,1H3,(H,16,19). The van der Waals surface area contributed by atoms with E-state index in [0.29, 0.717) is 16.8 Å². The lowest BCUT2D eigenvalue weighted by atomic mass is 10.1. The lowest BCUT2D eigenvalue weighted by Crippen LogP contribution is -2.15. The first-order valence-corrected chi connectivity index (χ1v) is 6.65. The molecule has 0 unspecified atom stereocenters. The van der Waals surface area contributed by atoms with E-state index >= 15 is 0 Å². The predicted molar refractivity (Wildman–Crippen MR) is 83.3 cm³/mol. The van der Waals surface area contributed by atoms with Crippen LogP contribution in [0, 0.1) is 27.2 Å². The van der Waals surface area contributed by atoms with E-state index in [4.69, 9.17) is 0 Å². The van der Waals surface area contributed by atoms with E-state index in [9.17, 15) is 25.0 Å². The number of hydrogen-bond acceptors (Lipinski definition) is 5. The summed E-state index contributed by atoms with van der Waals surface area (Å²) in [5.74, 6) is -0.359. The largest absolute Gasteiger partial charge is 0.325 e. The van der Waals surface area contributed by atoms with Gasteiger partial charge in [0, 0.05) is 18.2 Å². The lowest BCUT2D eigenvalue weighted by Gasteiger charge is -2.08. The Hall–Kier alpha value is -3.29. The van der Waals surface area contributed by atoms with Gasteiger partial charge in [-0.05, 0) is 18.6 Å². The van der Waals surface area contributed by atoms with Crippen LogP contribution < -0.4 is 5.32 Å². The molecule has 0 aliphatic carbocycles. The van der Waals surface area contributed by atoms with E-state index in [1.807, 2.05) is 0 Å². The maximum absolute atomic E-state index is 12.0. The first kappa shape index (κ1) is 16.1. The number of carbonyl (C=O) groups excluding carboxylic acids is 1. The quantitative estimate of drug-likeness (QED) is 0.672. The number of hydrogen-bond donors (Lipinski definition) is 1. The average molecular weight is 315 g/mol. The number of amides is 1. The second-order valence-electron chi connectivity index (χ2n) is 4.86. The number of nitrogens with one attached hydrogen (secondary N) is 1. The molecule has 0 spiro atoms. The van der Waals surface area contributed by atoms with Gasteiger partial charge >= 0.3 is 0 Å². The van der Waals surface area contributed by atoms with Gasteiger partial charge in [-0.3, -0.25) is 25.0 Å². The fourth-order valence-electron chi connectivity index (χ4n) is 2.07. The molecule has 0 radical (unpaired) electrons. The van der Waals surface area contributed by atoms with Crippen LogP contribution in [0.2, 0.25) is 0 Å². The van der Waals surface area contributed by atoms with E-state index in [1.54, 1.807) is 13.0 Å². The molecule has 2 aromatic carbocycles. The Bertz CT molecular complexity index is 771. The van der Waals surface area contributed by atoms with Crippen molar-refractivity contribution in [1.82, 2.24) is 0 Å². The van der Waals surface area contributed by atoms with E-state index in [-0.39, 0.29) is 23.7 Å². The summed E-state index contributed by atoms with van der Waals surface area (Å²) < 4.78 is 0. The summed E-state index contributed by atoms with van der Waals surface area (Å²) >= 11 is 0. The maximum Gasteiger partial charge on any atom is 0.274 e. The molecule has 0 heterocycles. The van der Waals surface area contributed by atoms with Crippen molar-refractivity contribution >= 4 is 23.0 Å². The molecule has 2 aromatic rings. The van der Waals surface area contributed by atoms with Crippen molar-refractivity contribution in [3.8, 4) is 0 Å². The zero-order valence-corrected chi connectivity index (χ0v) is 12.2. The molecule has 0 saturated heterocycles. The normalized spacial score (nSPS) is 10.1. The molecule has 23 heavy (non-hydrogen) atoms. The van der Waals surface area contributed by atoms with Crippen molar-refractivity contribution in [3.05, 3.63) is 73.8 Å². The molecule has 8 heteroatoms. The Labute approximate surface area is 131 Å². The van der Waals surface area contributed by atoms with Gasteiger partial charge in [-0.1, -0.05) is 18.2 Å². The third kappa shape index (κ3) is 3.88. The van der Waals surface area contributed by atoms with Gasteiger partial charge in [0.05, 0.1) is 27.5 Å². The third-order valence-corrected chi connectivity index (χ3v) is 3.29. The summed E-state index contributed by atoms with van der Waals surface area (Å²) in [5.41, 5.74) is 1.22. The minimum Gasteiger partial charge on any atom is -0.325 e. The molecule has 2 rings (SSSR count). The van der Waals surface area contributed by atoms with Gasteiger partial charge in [-0.2, -0.15) is 0 Å². The van der Waals surface area contributed by atoms with Crippen LogP contribution in [0.15, 0.2) is 42.5 Å². The molecule has 0 saturated carbocycles. The predicted octanol–water partition coefficient (Wildman–Crippen LogP) is 2.99. The number of nitro groups is 2. The molecular formula is C15H13N3O5. The fraction of sp³-hybridized carbons (Fsp3) is 0.133. The smallest absolute Gasteiger partial charge is 0.274 e. The van der Waals surface area contributed by atoms with E-state index in [1.165, 1.54) is 36.4 Å². The van der Waals surface area contributed by atoms with Crippen molar-refractivity contribution in [1.29, 1.82) is 0 Å². The van der Waals surface area contributed by atoms with Crippen molar-refractivity contribution in [2.24, 2.45) is 0 Å². The van der Waals surface area contributed by atoms with Crippen molar-refractivity contribution < 1.29 is 14.6 Å². The van der Waals surface area contributed by atoms with Gasteiger partial charge in [0.25, 0.3) is 11.4 Å². The summed E-state index contributed by atoms with van der Waals surface area (Å²) in [5, 5.41) is 24.1. The van der Waals surface area contributed by atoms with Crippen LogP contribution in [0.3, 0.4) is 0 Å². The molecule has 1 amide bonds. The summed E-state index contributed by atoms with van der Waals surface area (Å²) in [4.78, 5) is 32.4. The van der Waals surface area contributed by atoms with Crippen LogP contribution >= 0.6 is 0 Å². The number of nitro benzene ring substituents is 2. The van der Waals surface area contributed by atoms with Crippen LogP contribution in [0.25, 0.3) is 0 Å². The molecule has 0 aliphatic heterocycles. The average Bonchev–Trinajstić information content (AvgIpc) is 2.49. The Kier molecular flexibility index (Phi) is 4.65. The highest BCUT2D eigenvalue weighted by atomic mass is 16.6. The fourth-order valence-corrected chi connectivity index (χ4v) is 2.07. The first-order valence-electron chi connectivity index (χ1n) is 6.65. The van der Waals surface area contributed by atoms with Gasteiger partial charge in [0.2, 0.25) is 5.91 Å². The van der Waals surface area contributed by atoms with Gasteiger partial charge in [0.15, 0.2) is 0 Å². The minimum atomic E-state index is -0.518. The molecule has 0 atom stereocenters. The lowest BCUT2D eigenvalue weighted by molar-refractivity contribution is -0.385. The van der Waals surface area contributed by atoms with E-state index in [0.717, 1.165) is 0 Å². The molecule has 118 valence electrons. The van der Waals surface area contributed by atoms with Gasteiger partial charge < -0.3 is 5.32 Å². The van der Waals surface area contributed by atoms with Gasteiger partial charge in [-0.15, -0.1) is 0 Å². The molecule has 0 aromatic heterocycles. The van der Waals surface area contributed by atoms with Crippen LogP contribution in [0.1, 0.15) is 11.1 Å². The topological polar surface area (TPSA) is 115 Å². The highest BCUT2D eigenvalue weighted by Crippen LogP contribution is 2.25. The first-order chi connectivity index (χ1) is 10.9.